The van der Waals surface area contributed by atoms with Crippen LogP contribution in [0, 0.1) is 0 Å². The van der Waals surface area contributed by atoms with E-state index in [4.69, 9.17) is 9.72 Å². The van der Waals surface area contributed by atoms with Crippen molar-refractivity contribution >= 4 is 11.7 Å². The maximum absolute atomic E-state index is 12.8. The SMILES string of the molecule is CCC(C)(C)OC(=O)NC1(c2ccc(-c3nc4ccc(-c5cccnc5)cn4c3-c3ccccc3)cc2)CCC1. The maximum atomic E-state index is 12.8. The Bertz CT molecular complexity index is 1640. The summed E-state index contributed by atoms with van der Waals surface area (Å²) in [6.45, 7) is 5.90. The van der Waals surface area contributed by atoms with Crippen LogP contribution < -0.4 is 5.32 Å². The summed E-state index contributed by atoms with van der Waals surface area (Å²) in [4.78, 5) is 22.1. The highest BCUT2D eigenvalue weighted by atomic mass is 16.6. The third-order valence-corrected chi connectivity index (χ3v) is 8.14. The number of nitrogens with zero attached hydrogens (tertiary/aromatic N) is 3. The fraction of sp³-hybridized carbons (Fsp3) is 0.265. The molecule has 1 aliphatic carbocycles. The van der Waals surface area contributed by atoms with Crippen molar-refractivity contribution in [2.75, 3.05) is 0 Å². The first-order valence-corrected chi connectivity index (χ1v) is 14.0. The smallest absolute Gasteiger partial charge is 0.408 e. The number of rotatable bonds is 7. The standard InChI is InChI=1S/C34H34N4O2/c1-4-33(2,3)40-32(39)37-34(19-9-20-34)28-16-13-24(14-17-28)30-31(25-10-6-5-7-11-25)38-23-27(15-18-29(38)36-30)26-12-8-21-35-22-26/h5-8,10-18,21-23H,4,9,19-20H2,1-3H3,(H,37,39). The first-order chi connectivity index (χ1) is 19.4. The number of benzene rings is 2. The van der Waals surface area contributed by atoms with Gasteiger partial charge in [-0.05, 0) is 63.3 Å². The molecule has 3 heterocycles. The van der Waals surface area contributed by atoms with E-state index in [0.717, 1.165) is 70.5 Å². The minimum absolute atomic E-state index is 0.355. The fourth-order valence-electron chi connectivity index (χ4n) is 5.33. The summed E-state index contributed by atoms with van der Waals surface area (Å²) in [6, 6.07) is 27.0. The van der Waals surface area contributed by atoms with E-state index in [1.807, 2.05) is 39.1 Å². The van der Waals surface area contributed by atoms with Crippen LogP contribution >= 0.6 is 0 Å². The van der Waals surface area contributed by atoms with Gasteiger partial charge < -0.3 is 10.1 Å². The highest BCUT2D eigenvalue weighted by Crippen LogP contribution is 2.43. The molecular weight excluding hydrogens is 496 g/mol. The Morgan fingerprint density at radius 1 is 0.925 bits per heavy atom. The number of hydrogen-bond donors (Lipinski definition) is 1. The summed E-state index contributed by atoms with van der Waals surface area (Å²) in [7, 11) is 0. The zero-order chi connectivity index (χ0) is 27.7. The zero-order valence-electron chi connectivity index (χ0n) is 23.2. The molecule has 6 rings (SSSR count). The van der Waals surface area contributed by atoms with Crippen molar-refractivity contribution in [3.63, 3.8) is 0 Å². The van der Waals surface area contributed by atoms with Gasteiger partial charge in [0.05, 0.1) is 16.9 Å². The molecular formula is C34H34N4O2. The summed E-state index contributed by atoms with van der Waals surface area (Å²) in [6.07, 6.45) is 9.07. The highest BCUT2D eigenvalue weighted by Gasteiger charge is 2.41. The molecule has 0 spiro atoms. The molecule has 6 heteroatoms. The quantitative estimate of drug-likeness (QED) is 0.231. The molecule has 0 atom stereocenters. The van der Waals surface area contributed by atoms with Crippen molar-refractivity contribution in [1.29, 1.82) is 0 Å². The minimum Gasteiger partial charge on any atom is -0.444 e. The van der Waals surface area contributed by atoms with Crippen molar-refractivity contribution in [2.24, 2.45) is 0 Å². The predicted octanol–water partition coefficient (Wildman–Crippen LogP) is 8.02. The number of aromatic nitrogens is 3. The lowest BCUT2D eigenvalue weighted by molar-refractivity contribution is 0.0236. The number of carbonyl (C=O) groups is 1. The molecule has 1 aliphatic rings. The fourth-order valence-corrected chi connectivity index (χ4v) is 5.33. The first kappa shape index (κ1) is 25.8. The van der Waals surface area contributed by atoms with Gasteiger partial charge in [0.1, 0.15) is 11.2 Å². The molecule has 1 fully saturated rings. The highest BCUT2D eigenvalue weighted by molar-refractivity contribution is 5.83. The molecule has 3 aromatic heterocycles. The van der Waals surface area contributed by atoms with Gasteiger partial charge >= 0.3 is 6.09 Å². The number of amides is 1. The summed E-state index contributed by atoms with van der Waals surface area (Å²) >= 11 is 0. The molecule has 202 valence electrons. The van der Waals surface area contributed by atoms with E-state index in [1.54, 1.807) is 6.20 Å². The molecule has 1 saturated carbocycles. The lowest BCUT2D eigenvalue weighted by Gasteiger charge is -2.43. The average molecular weight is 531 g/mol. The Morgan fingerprint density at radius 3 is 2.30 bits per heavy atom. The van der Waals surface area contributed by atoms with Crippen LogP contribution in [0.25, 0.3) is 39.3 Å². The molecule has 0 radical (unpaired) electrons. The number of hydrogen-bond acceptors (Lipinski definition) is 4. The van der Waals surface area contributed by atoms with Gasteiger partial charge in [0.25, 0.3) is 0 Å². The maximum Gasteiger partial charge on any atom is 0.408 e. The third kappa shape index (κ3) is 4.86. The molecule has 40 heavy (non-hydrogen) atoms. The van der Waals surface area contributed by atoms with Crippen LogP contribution in [0.2, 0.25) is 0 Å². The first-order valence-electron chi connectivity index (χ1n) is 14.0. The Morgan fingerprint density at radius 2 is 1.65 bits per heavy atom. The van der Waals surface area contributed by atoms with Crippen LogP contribution in [-0.4, -0.2) is 26.1 Å². The molecule has 0 aliphatic heterocycles. The zero-order valence-corrected chi connectivity index (χ0v) is 23.2. The second-order valence-corrected chi connectivity index (χ2v) is 11.2. The van der Waals surface area contributed by atoms with Gasteiger partial charge in [-0.3, -0.25) is 9.38 Å². The summed E-state index contributed by atoms with van der Waals surface area (Å²) in [5.41, 5.74) is 7.30. The molecule has 0 unspecified atom stereocenters. The number of ether oxygens (including phenoxy) is 1. The topological polar surface area (TPSA) is 68.5 Å². The van der Waals surface area contributed by atoms with Gasteiger partial charge in [-0.2, -0.15) is 0 Å². The average Bonchev–Trinajstić information content (AvgIpc) is 3.35. The monoisotopic (exact) mass is 530 g/mol. The Labute approximate surface area is 235 Å². The molecule has 2 aromatic carbocycles. The van der Waals surface area contributed by atoms with Gasteiger partial charge in [-0.1, -0.05) is 67.6 Å². The number of alkyl carbamates (subject to hydrolysis) is 1. The van der Waals surface area contributed by atoms with Crippen LogP contribution in [-0.2, 0) is 10.3 Å². The van der Waals surface area contributed by atoms with Crippen molar-refractivity contribution in [3.05, 3.63) is 103 Å². The lowest BCUT2D eigenvalue weighted by Crippen LogP contribution is -2.52. The Balaban J connectivity index is 1.38. The van der Waals surface area contributed by atoms with Crippen LogP contribution in [0.1, 0.15) is 52.0 Å². The Hall–Kier alpha value is -4.45. The van der Waals surface area contributed by atoms with Crippen LogP contribution in [0.15, 0.2) is 97.5 Å². The molecule has 1 amide bonds. The van der Waals surface area contributed by atoms with E-state index in [-0.39, 0.29) is 11.6 Å². The number of carbonyl (C=O) groups excluding carboxylic acids is 1. The van der Waals surface area contributed by atoms with Crippen molar-refractivity contribution < 1.29 is 9.53 Å². The van der Waals surface area contributed by atoms with E-state index in [9.17, 15) is 4.79 Å². The van der Waals surface area contributed by atoms with Crippen molar-refractivity contribution in [1.82, 2.24) is 19.7 Å². The summed E-state index contributed by atoms with van der Waals surface area (Å²) < 4.78 is 7.87. The van der Waals surface area contributed by atoms with Gasteiger partial charge in [0.15, 0.2) is 0 Å². The molecule has 0 saturated heterocycles. The molecule has 1 N–H and O–H groups in total. The summed E-state index contributed by atoms with van der Waals surface area (Å²) in [5.74, 6) is 0. The van der Waals surface area contributed by atoms with E-state index in [0.29, 0.717) is 0 Å². The number of imidazole rings is 1. The summed E-state index contributed by atoms with van der Waals surface area (Å²) in [5, 5.41) is 3.19. The second-order valence-electron chi connectivity index (χ2n) is 11.2. The third-order valence-electron chi connectivity index (χ3n) is 8.14. The van der Waals surface area contributed by atoms with Gasteiger partial charge in [-0.15, -0.1) is 0 Å². The van der Waals surface area contributed by atoms with E-state index < -0.39 is 5.60 Å². The van der Waals surface area contributed by atoms with Crippen molar-refractivity contribution in [3.8, 4) is 33.6 Å². The number of pyridine rings is 2. The Kier molecular flexibility index (Phi) is 6.62. The van der Waals surface area contributed by atoms with Crippen LogP contribution in [0.5, 0.6) is 0 Å². The largest absolute Gasteiger partial charge is 0.444 e. The molecule has 0 bridgehead atoms. The van der Waals surface area contributed by atoms with E-state index in [1.165, 1.54) is 0 Å². The molecule has 5 aromatic rings. The van der Waals surface area contributed by atoms with Gasteiger partial charge in [-0.25, -0.2) is 9.78 Å². The lowest BCUT2D eigenvalue weighted by atomic mass is 9.71. The minimum atomic E-state index is -0.493. The number of fused-ring (bicyclic) bond motifs is 1. The predicted molar refractivity (Wildman–Crippen MR) is 159 cm³/mol. The van der Waals surface area contributed by atoms with Gasteiger partial charge in [0.2, 0.25) is 0 Å². The van der Waals surface area contributed by atoms with Crippen LogP contribution in [0.4, 0.5) is 4.79 Å². The molecule has 6 nitrogen and oxygen atoms in total. The van der Waals surface area contributed by atoms with Crippen LogP contribution in [0.3, 0.4) is 0 Å². The van der Waals surface area contributed by atoms with E-state index >= 15 is 0 Å². The normalized spacial score (nSPS) is 14.5. The number of nitrogens with one attached hydrogen (secondary N) is 1. The van der Waals surface area contributed by atoms with E-state index in [2.05, 4.69) is 87.6 Å². The van der Waals surface area contributed by atoms with Gasteiger partial charge in [0, 0.05) is 40.8 Å². The second kappa shape index (κ2) is 10.3. The van der Waals surface area contributed by atoms with Crippen molar-refractivity contribution in [2.45, 2.75) is 57.6 Å².